The van der Waals surface area contributed by atoms with E-state index in [1.165, 1.54) is 4.88 Å². The number of hydrogen-bond acceptors (Lipinski definition) is 4. The molecule has 102 valence electrons. The van der Waals surface area contributed by atoms with Crippen molar-refractivity contribution in [1.82, 2.24) is 4.98 Å². The Kier molecular flexibility index (Phi) is 4.43. The topological polar surface area (TPSA) is 34.1 Å². The van der Waals surface area contributed by atoms with Crippen LogP contribution >= 0.6 is 11.3 Å². The van der Waals surface area contributed by atoms with Gasteiger partial charge in [0.1, 0.15) is 5.75 Å². The normalized spacial score (nSPS) is 10.8. The van der Waals surface area contributed by atoms with E-state index in [-0.39, 0.29) is 0 Å². The summed E-state index contributed by atoms with van der Waals surface area (Å²) in [6.45, 7) is 7.45. The van der Waals surface area contributed by atoms with Crippen LogP contribution in [-0.4, -0.2) is 18.6 Å². The lowest BCUT2D eigenvalue weighted by Gasteiger charge is -2.04. The third-order valence-electron chi connectivity index (χ3n) is 2.82. The molecule has 0 unspecified atom stereocenters. The second-order valence-electron chi connectivity index (χ2n) is 4.93. The Morgan fingerprint density at radius 2 is 1.95 bits per heavy atom. The van der Waals surface area contributed by atoms with E-state index in [2.05, 4.69) is 31.1 Å². The van der Waals surface area contributed by atoms with Crippen LogP contribution in [0.4, 0.5) is 5.13 Å². The summed E-state index contributed by atoms with van der Waals surface area (Å²) in [5.41, 5.74) is 2.19. The molecule has 1 heterocycles. The first-order chi connectivity index (χ1) is 9.10. The summed E-state index contributed by atoms with van der Waals surface area (Å²) in [5, 5.41) is 4.38. The van der Waals surface area contributed by atoms with Gasteiger partial charge in [0.05, 0.1) is 12.8 Å². The van der Waals surface area contributed by atoms with Gasteiger partial charge < -0.3 is 10.1 Å². The molecule has 0 saturated heterocycles. The molecular weight excluding hydrogens is 256 g/mol. The number of benzene rings is 1. The van der Waals surface area contributed by atoms with Gasteiger partial charge in [0.2, 0.25) is 0 Å². The number of nitrogens with zero attached hydrogens (tertiary/aromatic N) is 1. The van der Waals surface area contributed by atoms with Crippen molar-refractivity contribution in [3.05, 3.63) is 29.1 Å². The molecule has 1 aromatic heterocycles. The van der Waals surface area contributed by atoms with E-state index in [0.29, 0.717) is 5.92 Å². The van der Waals surface area contributed by atoms with Crippen LogP contribution in [0.3, 0.4) is 0 Å². The van der Waals surface area contributed by atoms with E-state index in [9.17, 15) is 0 Å². The lowest BCUT2D eigenvalue weighted by Crippen LogP contribution is -2.07. The Balaban J connectivity index is 2.19. The zero-order valence-electron chi connectivity index (χ0n) is 11.9. The smallest absolute Gasteiger partial charge is 0.183 e. The van der Waals surface area contributed by atoms with Gasteiger partial charge in [-0.25, -0.2) is 4.98 Å². The Labute approximate surface area is 118 Å². The van der Waals surface area contributed by atoms with Crippen LogP contribution in [0.2, 0.25) is 0 Å². The first-order valence-corrected chi connectivity index (χ1v) is 7.27. The van der Waals surface area contributed by atoms with Crippen LogP contribution in [0.25, 0.3) is 11.3 Å². The molecule has 0 aliphatic carbocycles. The third kappa shape index (κ3) is 3.47. The van der Waals surface area contributed by atoms with Gasteiger partial charge in [-0.15, -0.1) is 11.3 Å². The molecule has 3 nitrogen and oxygen atoms in total. The summed E-state index contributed by atoms with van der Waals surface area (Å²) in [5.74, 6) is 1.49. The van der Waals surface area contributed by atoms with E-state index < -0.39 is 0 Å². The van der Waals surface area contributed by atoms with Crippen molar-refractivity contribution in [2.75, 3.05) is 19.0 Å². The van der Waals surface area contributed by atoms with Gasteiger partial charge in [0.15, 0.2) is 5.13 Å². The number of nitrogens with one attached hydrogen (secondary N) is 1. The quantitative estimate of drug-likeness (QED) is 0.889. The molecule has 4 heteroatoms. The first kappa shape index (κ1) is 13.9. The summed E-state index contributed by atoms with van der Waals surface area (Å²) in [4.78, 5) is 5.91. The van der Waals surface area contributed by atoms with Gasteiger partial charge in [-0.1, -0.05) is 13.8 Å². The molecule has 2 rings (SSSR count). The van der Waals surface area contributed by atoms with Crippen LogP contribution < -0.4 is 10.1 Å². The summed E-state index contributed by atoms with van der Waals surface area (Å²) < 4.78 is 5.18. The Hall–Kier alpha value is -1.55. The number of aromatic nitrogens is 1. The van der Waals surface area contributed by atoms with Crippen LogP contribution in [0.1, 0.15) is 18.7 Å². The first-order valence-electron chi connectivity index (χ1n) is 6.46. The highest BCUT2D eigenvalue weighted by molar-refractivity contribution is 7.16. The number of anilines is 1. The van der Waals surface area contributed by atoms with Crippen molar-refractivity contribution in [2.24, 2.45) is 5.92 Å². The van der Waals surface area contributed by atoms with Crippen molar-refractivity contribution in [1.29, 1.82) is 0 Å². The van der Waals surface area contributed by atoms with Crippen LogP contribution in [0.15, 0.2) is 24.3 Å². The van der Waals surface area contributed by atoms with Crippen LogP contribution in [0.5, 0.6) is 5.75 Å². The number of hydrogen-bond donors (Lipinski definition) is 1. The zero-order chi connectivity index (χ0) is 13.8. The molecule has 0 fully saturated rings. The molecule has 1 aromatic carbocycles. The lowest BCUT2D eigenvalue weighted by molar-refractivity contribution is 0.415. The highest BCUT2D eigenvalue weighted by Gasteiger charge is 2.10. The van der Waals surface area contributed by atoms with Gasteiger partial charge in [-0.2, -0.15) is 0 Å². The molecule has 19 heavy (non-hydrogen) atoms. The van der Waals surface area contributed by atoms with Crippen molar-refractivity contribution < 1.29 is 4.74 Å². The van der Waals surface area contributed by atoms with Crippen LogP contribution in [0, 0.1) is 12.8 Å². The summed E-state index contributed by atoms with van der Waals surface area (Å²) in [6, 6.07) is 8.03. The maximum Gasteiger partial charge on any atom is 0.183 e. The molecule has 0 amide bonds. The number of aryl methyl sites for hydroxylation is 1. The molecule has 1 N–H and O–H groups in total. The lowest BCUT2D eigenvalue weighted by atomic mass is 10.1. The number of methoxy groups -OCH3 is 1. The minimum absolute atomic E-state index is 0.619. The number of ether oxygens (including phenoxy) is 1. The van der Waals surface area contributed by atoms with E-state index in [1.807, 2.05) is 24.3 Å². The average molecular weight is 276 g/mol. The fourth-order valence-electron chi connectivity index (χ4n) is 1.78. The van der Waals surface area contributed by atoms with E-state index in [1.54, 1.807) is 18.4 Å². The van der Waals surface area contributed by atoms with Crippen molar-refractivity contribution in [3.63, 3.8) is 0 Å². The summed E-state index contributed by atoms with van der Waals surface area (Å²) >= 11 is 1.71. The molecule has 2 aromatic rings. The van der Waals surface area contributed by atoms with Gasteiger partial charge in [-0.3, -0.25) is 0 Å². The van der Waals surface area contributed by atoms with E-state index in [4.69, 9.17) is 4.74 Å². The molecular formula is C15H20N2OS. The maximum atomic E-state index is 5.18. The molecule has 0 radical (unpaired) electrons. The molecule has 0 saturated carbocycles. The number of thiazole rings is 1. The fraction of sp³-hybridized carbons (Fsp3) is 0.400. The molecule has 0 spiro atoms. The SMILES string of the molecule is COc1ccc(-c2nc(NCC(C)C)sc2C)cc1. The minimum Gasteiger partial charge on any atom is -0.497 e. The predicted molar refractivity (Wildman–Crippen MR) is 82.2 cm³/mol. The van der Waals surface area contributed by atoms with Gasteiger partial charge in [0, 0.05) is 17.0 Å². The standard InChI is InChI=1S/C15H20N2OS/c1-10(2)9-16-15-17-14(11(3)19-15)12-5-7-13(18-4)8-6-12/h5-8,10H,9H2,1-4H3,(H,16,17). The third-order valence-corrected chi connectivity index (χ3v) is 3.75. The molecule has 0 atom stereocenters. The Morgan fingerprint density at radius 1 is 1.26 bits per heavy atom. The van der Waals surface area contributed by atoms with E-state index >= 15 is 0 Å². The molecule has 0 bridgehead atoms. The van der Waals surface area contributed by atoms with Gasteiger partial charge in [-0.05, 0) is 37.1 Å². The monoisotopic (exact) mass is 276 g/mol. The molecule has 0 aliphatic rings. The fourth-order valence-corrected chi connectivity index (χ4v) is 2.62. The highest BCUT2D eigenvalue weighted by Crippen LogP contribution is 2.31. The maximum absolute atomic E-state index is 5.18. The van der Waals surface area contributed by atoms with Crippen molar-refractivity contribution in [2.45, 2.75) is 20.8 Å². The Bertz CT molecular complexity index is 532. The number of rotatable bonds is 5. The van der Waals surface area contributed by atoms with Gasteiger partial charge in [0.25, 0.3) is 0 Å². The van der Waals surface area contributed by atoms with Crippen molar-refractivity contribution in [3.8, 4) is 17.0 Å². The Morgan fingerprint density at radius 3 is 2.53 bits per heavy atom. The van der Waals surface area contributed by atoms with Gasteiger partial charge >= 0.3 is 0 Å². The minimum atomic E-state index is 0.619. The summed E-state index contributed by atoms with van der Waals surface area (Å²) in [6.07, 6.45) is 0. The average Bonchev–Trinajstić information content (AvgIpc) is 2.78. The highest BCUT2D eigenvalue weighted by atomic mass is 32.1. The second kappa shape index (κ2) is 6.06. The second-order valence-corrected chi connectivity index (χ2v) is 6.13. The summed E-state index contributed by atoms with van der Waals surface area (Å²) in [7, 11) is 1.68. The van der Waals surface area contributed by atoms with Crippen molar-refractivity contribution >= 4 is 16.5 Å². The van der Waals surface area contributed by atoms with Crippen LogP contribution in [-0.2, 0) is 0 Å². The zero-order valence-corrected chi connectivity index (χ0v) is 12.7. The molecule has 0 aliphatic heterocycles. The predicted octanol–water partition coefficient (Wildman–Crippen LogP) is 4.20. The largest absolute Gasteiger partial charge is 0.497 e. The van der Waals surface area contributed by atoms with E-state index in [0.717, 1.165) is 28.7 Å².